The Bertz CT molecular complexity index is 1100. The van der Waals surface area contributed by atoms with Gasteiger partial charge in [0, 0.05) is 5.69 Å². The lowest BCUT2D eigenvalue weighted by Gasteiger charge is -2.08. The first-order valence-electron chi connectivity index (χ1n) is 9.13. The van der Waals surface area contributed by atoms with Gasteiger partial charge in [0.05, 0.1) is 24.9 Å². The van der Waals surface area contributed by atoms with Gasteiger partial charge in [-0.05, 0) is 50.6 Å². The van der Waals surface area contributed by atoms with Crippen molar-refractivity contribution in [3.63, 3.8) is 0 Å². The Balaban J connectivity index is 1.80. The highest BCUT2D eigenvalue weighted by atomic mass is 32.1. The summed E-state index contributed by atoms with van der Waals surface area (Å²) < 4.78 is 11.6. The molecule has 0 bridgehead atoms. The average molecular weight is 415 g/mol. The number of amides is 1. The van der Waals surface area contributed by atoms with Gasteiger partial charge in [-0.2, -0.15) is 0 Å². The number of carbonyl (C=O) groups excluding carboxylic acids is 2. The van der Waals surface area contributed by atoms with Crippen LogP contribution < -0.4 is 15.6 Å². The molecule has 1 aromatic carbocycles. The number of fused-ring (bicyclic) bond motifs is 1. The first-order valence-corrected chi connectivity index (χ1v) is 9.94. The number of aryl methyl sites for hydroxylation is 1. The number of hydrogen-bond acceptors (Lipinski definition) is 7. The summed E-state index contributed by atoms with van der Waals surface area (Å²) >= 11 is 1.11. The van der Waals surface area contributed by atoms with E-state index in [0.717, 1.165) is 11.3 Å². The summed E-state index contributed by atoms with van der Waals surface area (Å²) in [4.78, 5) is 42.3. The number of benzene rings is 1. The van der Waals surface area contributed by atoms with Gasteiger partial charge in [-0.15, -0.1) is 11.3 Å². The lowest BCUT2D eigenvalue weighted by atomic mass is 10.2. The maximum absolute atomic E-state index is 12.8. The van der Waals surface area contributed by atoms with Crippen LogP contribution in [-0.4, -0.2) is 34.6 Å². The molecule has 0 aliphatic heterocycles. The Kier molecular flexibility index (Phi) is 6.28. The topological polar surface area (TPSA) is 99.5 Å². The summed E-state index contributed by atoms with van der Waals surface area (Å²) in [5.41, 5.74) is 0.736. The Labute approximate surface area is 171 Å². The van der Waals surface area contributed by atoms with Crippen molar-refractivity contribution in [1.82, 2.24) is 9.55 Å². The molecule has 1 amide bonds. The standard InChI is InChI=1S/C20H21N3O5S/c1-4-27-14-8-6-13(7-9-14)22-15(24)10-23-11-21-18-16(19(23)25)12(3)17(29-18)20(26)28-5-2/h6-9,11H,4-5,10H2,1-3H3,(H,22,24). The van der Waals surface area contributed by atoms with Gasteiger partial charge in [-0.25, -0.2) is 9.78 Å². The van der Waals surface area contributed by atoms with Gasteiger partial charge in [0.1, 0.15) is 22.0 Å². The van der Waals surface area contributed by atoms with Crippen molar-refractivity contribution < 1.29 is 19.1 Å². The molecule has 0 spiro atoms. The molecule has 0 saturated heterocycles. The summed E-state index contributed by atoms with van der Waals surface area (Å²) in [5.74, 6) is -0.134. The van der Waals surface area contributed by atoms with Crippen molar-refractivity contribution in [1.29, 1.82) is 0 Å². The Morgan fingerprint density at radius 1 is 1.17 bits per heavy atom. The molecule has 2 aromatic heterocycles. The number of carbonyl (C=O) groups is 2. The van der Waals surface area contributed by atoms with Crippen LogP contribution in [0.2, 0.25) is 0 Å². The fourth-order valence-corrected chi connectivity index (χ4v) is 3.85. The second-order valence-corrected chi connectivity index (χ2v) is 7.14. The molecule has 0 fully saturated rings. The lowest BCUT2D eigenvalue weighted by molar-refractivity contribution is -0.116. The van der Waals surface area contributed by atoms with Crippen LogP contribution in [0.1, 0.15) is 29.1 Å². The number of nitrogens with zero attached hydrogens (tertiary/aromatic N) is 2. The molecule has 0 atom stereocenters. The molecule has 3 aromatic rings. The predicted molar refractivity (Wildman–Crippen MR) is 111 cm³/mol. The predicted octanol–water partition coefficient (Wildman–Crippen LogP) is 2.98. The Morgan fingerprint density at radius 2 is 1.90 bits per heavy atom. The van der Waals surface area contributed by atoms with E-state index in [1.165, 1.54) is 10.9 Å². The van der Waals surface area contributed by atoms with Gasteiger partial charge in [-0.1, -0.05) is 0 Å². The van der Waals surface area contributed by atoms with E-state index in [2.05, 4.69) is 10.3 Å². The molecule has 9 heteroatoms. The minimum Gasteiger partial charge on any atom is -0.494 e. The maximum atomic E-state index is 12.8. The van der Waals surface area contributed by atoms with Gasteiger partial charge in [0.15, 0.2) is 0 Å². The number of esters is 1. The normalized spacial score (nSPS) is 10.7. The van der Waals surface area contributed by atoms with E-state index < -0.39 is 5.97 Å². The molecule has 0 radical (unpaired) electrons. The highest BCUT2D eigenvalue weighted by Gasteiger charge is 2.20. The van der Waals surface area contributed by atoms with E-state index in [1.54, 1.807) is 38.1 Å². The second kappa shape index (κ2) is 8.87. The molecule has 0 saturated carbocycles. The molecule has 0 unspecified atom stereocenters. The zero-order chi connectivity index (χ0) is 21.0. The zero-order valence-corrected chi connectivity index (χ0v) is 17.2. The molecule has 152 valence electrons. The minimum atomic E-state index is -0.479. The van der Waals surface area contributed by atoms with Crippen LogP contribution in [0.5, 0.6) is 5.75 Å². The largest absolute Gasteiger partial charge is 0.494 e. The van der Waals surface area contributed by atoms with Gasteiger partial charge in [0.2, 0.25) is 5.91 Å². The third-order valence-electron chi connectivity index (χ3n) is 4.14. The maximum Gasteiger partial charge on any atom is 0.348 e. The van der Waals surface area contributed by atoms with Crippen molar-refractivity contribution in [2.24, 2.45) is 0 Å². The van der Waals surface area contributed by atoms with E-state index >= 15 is 0 Å². The fourth-order valence-electron chi connectivity index (χ4n) is 2.82. The van der Waals surface area contributed by atoms with E-state index in [9.17, 15) is 14.4 Å². The molecule has 0 aliphatic rings. The zero-order valence-electron chi connectivity index (χ0n) is 16.4. The van der Waals surface area contributed by atoms with E-state index in [0.29, 0.717) is 38.7 Å². The summed E-state index contributed by atoms with van der Waals surface area (Å²) in [6.07, 6.45) is 1.31. The Morgan fingerprint density at radius 3 is 2.55 bits per heavy atom. The monoisotopic (exact) mass is 415 g/mol. The molecule has 8 nitrogen and oxygen atoms in total. The molecule has 2 heterocycles. The molecule has 1 N–H and O–H groups in total. The van der Waals surface area contributed by atoms with Gasteiger partial charge >= 0.3 is 5.97 Å². The van der Waals surface area contributed by atoms with Crippen LogP contribution in [0.15, 0.2) is 35.4 Å². The Hall–Kier alpha value is -3.20. The van der Waals surface area contributed by atoms with E-state index in [4.69, 9.17) is 9.47 Å². The van der Waals surface area contributed by atoms with Crippen LogP contribution >= 0.6 is 11.3 Å². The van der Waals surface area contributed by atoms with Gasteiger partial charge in [-0.3, -0.25) is 14.2 Å². The summed E-state index contributed by atoms with van der Waals surface area (Å²) in [5, 5.41) is 3.06. The van der Waals surface area contributed by atoms with Crippen LogP contribution in [0.25, 0.3) is 10.2 Å². The molecular formula is C20H21N3O5S. The van der Waals surface area contributed by atoms with E-state index in [-0.39, 0.29) is 24.6 Å². The number of thiophene rings is 1. The lowest BCUT2D eigenvalue weighted by Crippen LogP contribution is -2.27. The van der Waals surface area contributed by atoms with Crippen LogP contribution in [0, 0.1) is 6.92 Å². The minimum absolute atomic E-state index is 0.195. The fraction of sp³-hybridized carbons (Fsp3) is 0.300. The van der Waals surface area contributed by atoms with Crippen molar-refractivity contribution in [3.8, 4) is 5.75 Å². The highest BCUT2D eigenvalue weighted by molar-refractivity contribution is 7.20. The highest BCUT2D eigenvalue weighted by Crippen LogP contribution is 2.27. The van der Waals surface area contributed by atoms with Crippen LogP contribution in [0.3, 0.4) is 0 Å². The number of hydrogen-bond donors (Lipinski definition) is 1. The van der Waals surface area contributed by atoms with Crippen LogP contribution in [-0.2, 0) is 16.1 Å². The number of ether oxygens (including phenoxy) is 2. The van der Waals surface area contributed by atoms with Crippen molar-refractivity contribution in [2.75, 3.05) is 18.5 Å². The van der Waals surface area contributed by atoms with Gasteiger partial charge < -0.3 is 14.8 Å². The number of rotatable bonds is 7. The second-order valence-electron chi connectivity index (χ2n) is 6.14. The third-order valence-corrected chi connectivity index (χ3v) is 5.32. The van der Waals surface area contributed by atoms with Crippen LogP contribution in [0.4, 0.5) is 5.69 Å². The number of nitrogens with one attached hydrogen (secondary N) is 1. The molecule has 0 aliphatic carbocycles. The number of anilines is 1. The SMILES string of the molecule is CCOC(=O)c1sc2ncn(CC(=O)Nc3ccc(OCC)cc3)c(=O)c2c1C. The summed E-state index contributed by atoms with van der Waals surface area (Å²) in [6.45, 7) is 5.90. The van der Waals surface area contributed by atoms with Crippen molar-refractivity contribution in [3.05, 3.63) is 51.4 Å². The summed E-state index contributed by atoms with van der Waals surface area (Å²) in [7, 11) is 0. The average Bonchev–Trinajstić information content (AvgIpc) is 3.03. The third kappa shape index (κ3) is 4.45. The number of aromatic nitrogens is 2. The smallest absolute Gasteiger partial charge is 0.348 e. The molecular weight excluding hydrogens is 394 g/mol. The molecule has 29 heavy (non-hydrogen) atoms. The quantitative estimate of drug-likeness (QED) is 0.596. The first-order chi connectivity index (χ1) is 13.9. The van der Waals surface area contributed by atoms with E-state index in [1.807, 2.05) is 6.92 Å². The van der Waals surface area contributed by atoms with Crippen molar-refractivity contribution in [2.45, 2.75) is 27.3 Å². The molecule has 3 rings (SSSR count). The first kappa shape index (κ1) is 20.5. The van der Waals surface area contributed by atoms with Crippen molar-refractivity contribution >= 4 is 39.1 Å². The summed E-state index contributed by atoms with van der Waals surface area (Å²) in [6, 6.07) is 6.96. The van der Waals surface area contributed by atoms with Gasteiger partial charge in [0.25, 0.3) is 5.56 Å².